The first kappa shape index (κ1) is 31.6. The van der Waals surface area contributed by atoms with Crippen LogP contribution in [-0.4, -0.2) is 31.3 Å². The molecule has 2 aromatic heterocycles. The summed E-state index contributed by atoms with van der Waals surface area (Å²) < 4.78 is 64.5. The lowest BCUT2D eigenvalue weighted by Crippen LogP contribution is -2.24. The van der Waals surface area contributed by atoms with E-state index in [9.17, 15) is 27.2 Å². The average Bonchev–Trinajstić information content (AvgIpc) is 3.43. The molecule has 8 nitrogen and oxygen atoms in total. The van der Waals surface area contributed by atoms with Gasteiger partial charge in [-0.3, -0.25) is 14.2 Å². The molecule has 0 aliphatic rings. The Balaban J connectivity index is 1.41. The minimum Gasteiger partial charge on any atom is -0.460 e. The van der Waals surface area contributed by atoms with Gasteiger partial charge < -0.3 is 9.26 Å². The zero-order chi connectivity index (χ0) is 32.4. The van der Waals surface area contributed by atoms with E-state index in [2.05, 4.69) is 10.1 Å². The molecule has 0 N–H and O–H groups in total. The first-order valence-electron chi connectivity index (χ1n) is 14.3. The van der Waals surface area contributed by atoms with Crippen molar-refractivity contribution in [1.82, 2.24) is 19.7 Å². The van der Waals surface area contributed by atoms with E-state index in [0.29, 0.717) is 52.8 Å². The number of rotatable bonds is 9. The van der Waals surface area contributed by atoms with Gasteiger partial charge in [-0.15, -0.1) is 0 Å². The summed E-state index contributed by atoms with van der Waals surface area (Å²) in [5, 5.41) is 4.27. The molecule has 0 atom stereocenters. The molecule has 0 saturated heterocycles. The van der Waals surface area contributed by atoms with E-state index in [1.54, 1.807) is 39.0 Å². The third kappa shape index (κ3) is 7.81. The number of esters is 1. The zero-order valence-electron chi connectivity index (χ0n) is 24.8. The Labute approximate surface area is 255 Å². The summed E-state index contributed by atoms with van der Waals surface area (Å²) >= 11 is 0. The van der Waals surface area contributed by atoms with Crippen molar-refractivity contribution in [3.63, 3.8) is 0 Å². The molecule has 0 amide bonds. The molecule has 0 fully saturated rings. The molecule has 0 radical (unpaired) electrons. The number of nitrogens with zero attached hydrogens (tertiary/aromatic N) is 4. The second kappa shape index (κ2) is 12.6. The van der Waals surface area contributed by atoms with Gasteiger partial charge in [-0.25, -0.2) is 9.37 Å². The topological polar surface area (TPSA) is 100 Å². The van der Waals surface area contributed by atoms with E-state index < -0.39 is 23.2 Å². The van der Waals surface area contributed by atoms with Crippen LogP contribution in [0.5, 0.6) is 0 Å². The lowest BCUT2D eigenvalue weighted by molar-refractivity contribution is -0.155. The number of ether oxygens (including phenoxy) is 1. The molecule has 12 heteroatoms. The van der Waals surface area contributed by atoms with Crippen LogP contribution >= 0.6 is 0 Å². The Morgan fingerprint density at radius 2 is 1.64 bits per heavy atom. The maximum absolute atomic E-state index is 13.7. The van der Waals surface area contributed by atoms with Gasteiger partial charge in [0.15, 0.2) is 5.82 Å². The maximum atomic E-state index is 13.7. The highest BCUT2D eigenvalue weighted by Crippen LogP contribution is 2.29. The predicted molar refractivity (Wildman–Crippen MR) is 158 cm³/mol. The molecule has 2 heterocycles. The van der Waals surface area contributed by atoms with Gasteiger partial charge in [-0.05, 0) is 93.8 Å². The van der Waals surface area contributed by atoms with Crippen molar-refractivity contribution in [2.24, 2.45) is 0 Å². The second-order valence-electron chi connectivity index (χ2n) is 11.6. The molecule has 234 valence electrons. The largest absolute Gasteiger partial charge is 0.460 e. The van der Waals surface area contributed by atoms with Crippen molar-refractivity contribution in [2.45, 2.75) is 64.7 Å². The predicted octanol–water partition coefficient (Wildman–Crippen LogP) is 7.24. The molecule has 45 heavy (non-hydrogen) atoms. The number of halogens is 4. The summed E-state index contributed by atoms with van der Waals surface area (Å²) in [5.41, 5.74) is 0.217. The molecule has 0 saturated carbocycles. The smallest absolute Gasteiger partial charge is 0.416 e. The van der Waals surface area contributed by atoms with Gasteiger partial charge in [0.25, 0.3) is 11.4 Å². The highest BCUT2D eigenvalue weighted by atomic mass is 19.4. The van der Waals surface area contributed by atoms with Crippen molar-refractivity contribution in [1.29, 1.82) is 0 Å². The van der Waals surface area contributed by atoms with Gasteiger partial charge in [0.1, 0.15) is 17.2 Å². The first-order valence-corrected chi connectivity index (χ1v) is 14.3. The van der Waals surface area contributed by atoms with E-state index in [4.69, 9.17) is 14.2 Å². The molecule has 3 aromatic carbocycles. The van der Waals surface area contributed by atoms with E-state index in [1.807, 2.05) is 0 Å². The molecule has 0 spiro atoms. The lowest BCUT2D eigenvalue weighted by Gasteiger charge is -2.19. The number of hydrogen-bond acceptors (Lipinski definition) is 7. The van der Waals surface area contributed by atoms with E-state index in [-0.39, 0.29) is 36.1 Å². The molecule has 5 aromatic rings. The minimum atomic E-state index is -4.43. The average molecular weight is 623 g/mol. The van der Waals surface area contributed by atoms with Crippen LogP contribution in [0.3, 0.4) is 0 Å². The molecular formula is C33H30F4N4O4. The fourth-order valence-corrected chi connectivity index (χ4v) is 4.77. The number of unbranched alkanes of at least 4 members (excludes halogenated alkanes) is 1. The highest BCUT2D eigenvalue weighted by Gasteiger charge is 2.30. The van der Waals surface area contributed by atoms with Crippen LogP contribution in [0.4, 0.5) is 17.6 Å². The highest BCUT2D eigenvalue weighted by molar-refractivity contribution is 5.82. The van der Waals surface area contributed by atoms with Crippen molar-refractivity contribution < 1.29 is 31.6 Å². The monoisotopic (exact) mass is 622 g/mol. The first-order chi connectivity index (χ1) is 21.3. The van der Waals surface area contributed by atoms with Crippen LogP contribution in [0.25, 0.3) is 28.0 Å². The standard InChI is InChI=1S/C33H30F4N4O4/c1-32(2,3)44-29(42)7-5-4-6-28-38-26-19-21(10-17-25(26)31(43)41(28)24-15-13-23(34)14-16-24)30-39-27(40-45-30)18-20-8-11-22(12-9-20)33(35,36)37/h8-17,19H,4-7,18H2,1-3H3. The van der Waals surface area contributed by atoms with Gasteiger partial charge in [-0.1, -0.05) is 17.3 Å². The van der Waals surface area contributed by atoms with Gasteiger partial charge in [0.05, 0.1) is 22.2 Å². The second-order valence-corrected chi connectivity index (χ2v) is 11.6. The number of hydrogen-bond donors (Lipinski definition) is 0. The molecule has 0 unspecified atom stereocenters. The molecular weight excluding hydrogens is 592 g/mol. The normalized spacial score (nSPS) is 12.1. The van der Waals surface area contributed by atoms with Crippen LogP contribution in [0.1, 0.15) is 62.8 Å². The Bertz CT molecular complexity index is 1870. The number of fused-ring (bicyclic) bond motifs is 1. The fourth-order valence-electron chi connectivity index (χ4n) is 4.77. The number of alkyl halides is 3. The molecule has 0 bridgehead atoms. The van der Waals surface area contributed by atoms with Gasteiger partial charge in [0, 0.05) is 24.8 Å². The van der Waals surface area contributed by atoms with Crippen LogP contribution in [0.2, 0.25) is 0 Å². The minimum absolute atomic E-state index is 0.155. The van der Waals surface area contributed by atoms with Crippen molar-refractivity contribution in [3.05, 3.63) is 106 Å². The van der Waals surface area contributed by atoms with Gasteiger partial charge in [-0.2, -0.15) is 18.2 Å². The number of aromatic nitrogens is 4. The molecule has 5 rings (SSSR count). The summed E-state index contributed by atoms with van der Waals surface area (Å²) in [4.78, 5) is 35.0. The number of aryl methyl sites for hydroxylation is 1. The van der Waals surface area contributed by atoms with Crippen molar-refractivity contribution in [3.8, 4) is 17.1 Å². The Kier molecular flexibility index (Phi) is 8.85. The maximum Gasteiger partial charge on any atom is 0.416 e. The van der Waals surface area contributed by atoms with E-state index >= 15 is 0 Å². The fraction of sp³-hybridized carbons (Fsp3) is 0.303. The van der Waals surface area contributed by atoms with Crippen LogP contribution in [0, 0.1) is 5.82 Å². The third-order valence-electron chi connectivity index (χ3n) is 6.83. The SMILES string of the molecule is CC(C)(C)OC(=O)CCCCc1nc2cc(-c3nc(Cc4ccc(C(F)(F)F)cc4)no3)ccc2c(=O)n1-c1ccc(F)cc1. The van der Waals surface area contributed by atoms with Crippen LogP contribution in [-0.2, 0) is 28.5 Å². The molecule has 0 aliphatic carbocycles. The number of benzene rings is 3. The van der Waals surface area contributed by atoms with E-state index in [1.165, 1.54) is 41.0 Å². The third-order valence-corrected chi connectivity index (χ3v) is 6.83. The Morgan fingerprint density at radius 1 is 0.933 bits per heavy atom. The summed E-state index contributed by atoms with van der Waals surface area (Å²) in [5.74, 6) is 0.0968. The number of carbonyl (C=O) groups excluding carboxylic acids is 1. The summed E-state index contributed by atoms with van der Waals surface area (Å²) in [7, 11) is 0. The summed E-state index contributed by atoms with van der Waals surface area (Å²) in [6.07, 6.45) is -2.66. The van der Waals surface area contributed by atoms with Crippen molar-refractivity contribution in [2.75, 3.05) is 0 Å². The van der Waals surface area contributed by atoms with Crippen LogP contribution in [0.15, 0.2) is 76.0 Å². The zero-order valence-corrected chi connectivity index (χ0v) is 24.8. The lowest BCUT2D eigenvalue weighted by atomic mass is 10.1. The van der Waals surface area contributed by atoms with Gasteiger partial charge >= 0.3 is 12.1 Å². The van der Waals surface area contributed by atoms with E-state index in [0.717, 1.165) is 12.1 Å². The van der Waals surface area contributed by atoms with Crippen molar-refractivity contribution >= 4 is 16.9 Å². The Morgan fingerprint density at radius 3 is 2.31 bits per heavy atom. The summed E-state index contributed by atoms with van der Waals surface area (Å²) in [6.45, 7) is 5.40. The van der Waals surface area contributed by atoms with Crippen LogP contribution < -0.4 is 5.56 Å². The van der Waals surface area contributed by atoms with Gasteiger partial charge in [0.2, 0.25) is 0 Å². The summed E-state index contributed by atoms with van der Waals surface area (Å²) in [6, 6.07) is 15.1. The Hall–Kier alpha value is -4.87. The number of carbonyl (C=O) groups is 1. The molecule has 0 aliphatic heterocycles. The quantitative estimate of drug-likeness (QED) is 0.0971.